The lowest BCUT2D eigenvalue weighted by Crippen LogP contribution is -1.98. The molecule has 0 fully saturated rings. The summed E-state index contributed by atoms with van der Waals surface area (Å²) in [4.78, 5) is 0.0372. The maximum atomic E-state index is 11.6. The van der Waals surface area contributed by atoms with Crippen LogP contribution in [0.5, 0.6) is 11.5 Å². The van der Waals surface area contributed by atoms with Crippen molar-refractivity contribution in [3.63, 3.8) is 0 Å². The molecule has 1 aromatic carbocycles. The van der Waals surface area contributed by atoms with E-state index in [0.717, 1.165) is 0 Å². The minimum atomic E-state index is -3.69. The van der Waals surface area contributed by atoms with Crippen molar-refractivity contribution in [1.29, 1.82) is 0 Å². The van der Waals surface area contributed by atoms with E-state index in [0.29, 0.717) is 17.1 Å². The second-order valence-electron chi connectivity index (χ2n) is 3.06. The summed E-state index contributed by atoms with van der Waals surface area (Å²) in [6, 6.07) is 2.84. The van der Waals surface area contributed by atoms with Gasteiger partial charge in [0, 0.05) is 11.6 Å². The van der Waals surface area contributed by atoms with Crippen molar-refractivity contribution in [2.45, 2.75) is 4.90 Å². The molecular weight excluding hydrogens is 254 g/mol. The van der Waals surface area contributed by atoms with Crippen molar-refractivity contribution in [3.05, 3.63) is 17.7 Å². The highest BCUT2D eigenvalue weighted by atomic mass is 35.5. The monoisotopic (exact) mass is 261 g/mol. The molecule has 0 aliphatic carbocycles. The Labute approximate surface area is 97.7 Å². The molecule has 0 radical (unpaired) electrons. The fraction of sp³-hybridized carbons (Fsp3) is 0.222. The van der Waals surface area contributed by atoms with Gasteiger partial charge in [-0.25, -0.2) is 0 Å². The number of fused-ring (bicyclic) bond motifs is 1. The summed E-state index contributed by atoms with van der Waals surface area (Å²) in [5.74, 6) is 0.734. The van der Waals surface area contributed by atoms with Crippen LogP contribution in [0.1, 0.15) is 5.56 Å². The third-order valence-corrected chi connectivity index (χ3v) is 3.89. The van der Waals surface area contributed by atoms with Gasteiger partial charge in [-0.3, -0.25) is 0 Å². The molecule has 16 heavy (non-hydrogen) atoms. The Balaban J connectivity index is 2.74. The summed E-state index contributed by atoms with van der Waals surface area (Å²) in [5.41, 5.74) is 0.333. The summed E-state index contributed by atoms with van der Waals surface area (Å²) in [7, 11) is -0.810. The molecule has 1 aliphatic rings. The fourth-order valence-corrected chi connectivity index (χ4v) is 3.02. The Morgan fingerprint density at radius 2 is 1.75 bits per heavy atom. The zero-order valence-corrected chi connectivity index (χ0v) is 10.1. The second kappa shape index (κ2) is 3.64. The van der Waals surface area contributed by atoms with Crippen LogP contribution in [0.4, 0.5) is 0 Å². The summed E-state index contributed by atoms with van der Waals surface area (Å²) < 4.78 is 36.6. The highest BCUT2D eigenvalue weighted by Crippen LogP contribution is 2.37. The number of methoxy groups -OCH3 is 2. The number of halogens is 1. The van der Waals surface area contributed by atoms with Crippen LogP contribution in [0, 0.1) is 0 Å². The van der Waals surface area contributed by atoms with Crippen molar-refractivity contribution in [3.8, 4) is 11.5 Å². The summed E-state index contributed by atoms with van der Waals surface area (Å²) >= 11 is 5.73. The molecule has 0 unspecified atom stereocenters. The van der Waals surface area contributed by atoms with E-state index >= 15 is 0 Å². The standard InChI is InChI=1S/C9H8ClNO4S/c1-14-6-3-5-8(4-7(6)15-2)16(12,13)11-9(5)10/h3-4H,1-2H3. The predicted molar refractivity (Wildman–Crippen MR) is 59.1 cm³/mol. The van der Waals surface area contributed by atoms with Gasteiger partial charge < -0.3 is 9.47 Å². The van der Waals surface area contributed by atoms with Crippen LogP contribution in [0.2, 0.25) is 0 Å². The molecule has 0 spiro atoms. The molecule has 86 valence electrons. The smallest absolute Gasteiger partial charge is 0.284 e. The normalized spacial score (nSPS) is 16.6. The average Bonchev–Trinajstić information content (AvgIpc) is 2.47. The molecule has 1 heterocycles. The molecule has 5 nitrogen and oxygen atoms in total. The van der Waals surface area contributed by atoms with Gasteiger partial charge in [0.1, 0.15) is 4.90 Å². The highest BCUT2D eigenvalue weighted by Gasteiger charge is 2.30. The van der Waals surface area contributed by atoms with E-state index in [1.165, 1.54) is 26.4 Å². The van der Waals surface area contributed by atoms with Gasteiger partial charge in [-0.05, 0) is 6.07 Å². The molecule has 7 heteroatoms. The molecule has 1 aromatic rings. The van der Waals surface area contributed by atoms with Crippen molar-refractivity contribution in [2.24, 2.45) is 4.40 Å². The van der Waals surface area contributed by atoms with Gasteiger partial charge in [-0.1, -0.05) is 11.6 Å². The van der Waals surface area contributed by atoms with Gasteiger partial charge in [0.2, 0.25) is 0 Å². The lowest BCUT2D eigenvalue weighted by atomic mass is 10.2. The van der Waals surface area contributed by atoms with Gasteiger partial charge in [0.25, 0.3) is 10.0 Å². The quantitative estimate of drug-likeness (QED) is 0.807. The van der Waals surface area contributed by atoms with Crippen LogP contribution in [0.3, 0.4) is 0 Å². The summed E-state index contributed by atoms with van der Waals surface area (Å²) in [5, 5.41) is -0.0593. The first-order valence-corrected chi connectivity index (χ1v) is 6.08. The van der Waals surface area contributed by atoms with Crippen LogP contribution < -0.4 is 9.47 Å². The number of nitrogens with zero attached hydrogens (tertiary/aromatic N) is 1. The van der Waals surface area contributed by atoms with Crippen LogP contribution in [0.15, 0.2) is 21.4 Å². The molecular formula is C9H8ClNO4S. The first-order chi connectivity index (χ1) is 7.49. The van der Waals surface area contributed by atoms with Crippen molar-refractivity contribution in [2.75, 3.05) is 14.2 Å². The van der Waals surface area contributed by atoms with E-state index in [4.69, 9.17) is 21.1 Å². The molecule has 1 aliphatic heterocycles. The third kappa shape index (κ3) is 1.54. The van der Waals surface area contributed by atoms with Crippen LogP contribution >= 0.6 is 11.6 Å². The van der Waals surface area contributed by atoms with E-state index in [9.17, 15) is 8.42 Å². The van der Waals surface area contributed by atoms with Gasteiger partial charge in [0.15, 0.2) is 16.7 Å². The Kier molecular flexibility index (Phi) is 2.55. The molecule has 0 saturated carbocycles. The summed E-state index contributed by atoms with van der Waals surface area (Å²) in [6.45, 7) is 0. The van der Waals surface area contributed by atoms with Crippen molar-refractivity contribution < 1.29 is 17.9 Å². The molecule has 0 amide bonds. The van der Waals surface area contributed by atoms with E-state index in [2.05, 4.69) is 4.40 Å². The molecule has 0 bridgehead atoms. The zero-order chi connectivity index (χ0) is 11.9. The Hall–Kier alpha value is -1.27. The Bertz CT molecular complexity index is 579. The van der Waals surface area contributed by atoms with Gasteiger partial charge in [0.05, 0.1) is 14.2 Å². The minimum Gasteiger partial charge on any atom is -0.493 e. The first-order valence-electron chi connectivity index (χ1n) is 4.26. The molecule has 0 atom stereocenters. The van der Waals surface area contributed by atoms with Gasteiger partial charge >= 0.3 is 0 Å². The highest BCUT2D eigenvalue weighted by molar-refractivity contribution is 7.91. The number of hydrogen-bond acceptors (Lipinski definition) is 4. The van der Waals surface area contributed by atoms with Crippen LogP contribution in [-0.4, -0.2) is 27.8 Å². The second-order valence-corrected chi connectivity index (χ2v) is 4.99. The molecule has 2 rings (SSSR count). The Morgan fingerprint density at radius 1 is 1.19 bits per heavy atom. The maximum Gasteiger partial charge on any atom is 0.284 e. The fourth-order valence-electron chi connectivity index (χ4n) is 1.44. The number of sulfonamides is 1. The first kappa shape index (κ1) is 11.2. The Morgan fingerprint density at radius 3 is 2.31 bits per heavy atom. The predicted octanol–water partition coefficient (Wildman–Crippen LogP) is 1.39. The molecule has 0 saturated heterocycles. The number of ether oxygens (including phenoxy) is 2. The van der Waals surface area contributed by atoms with Crippen LogP contribution in [0.25, 0.3) is 0 Å². The van der Waals surface area contributed by atoms with Crippen molar-refractivity contribution >= 4 is 26.8 Å². The largest absolute Gasteiger partial charge is 0.493 e. The van der Waals surface area contributed by atoms with E-state index in [-0.39, 0.29) is 10.1 Å². The number of hydrogen-bond donors (Lipinski definition) is 0. The SMILES string of the molecule is COc1cc2c(cc1OC)S(=O)(=O)N=C2Cl. The van der Waals surface area contributed by atoms with E-state index in [1.807, 2.05) is 0 Å². The van der Waals surface area contributed by atoms with E-state index < -0.39 is 10.0 Å². The van der Waals surface area contributed by atoms with E-state index in [1.54, 1.807) is 0 Å². The van der Waals surface area contributed by atoms with Crippen LogP contribution in [-0.2, 0) is 10.0 Å². The number of benzene rings is 1. The van der Waals surface area contributed by atoms with Crippen molar-refractivity contribution in [1.82, 2.24) is 0 Å². The lowest BCUT2D eigenvalue weighted by Gasteiger charge is -2.08. The molecule has 0 aromatic heterocycles. The third-order valence-electron chi connectivity index (χ3n) is 2.19. The lowest BCUT2D eigenvalue weighted by molar-refractivity contribution is 0.354. The zero-order valence-electron chi connectivity index (χ0n) is 8.52. The summed E-state index contributed by atoms with van der Waals surface area (Å²) in [6.07, 6.45) is 0. The van der Waals surface area contributed by atoms with Gasteiger partial charge in [-0.2, -0.15) is 8.42 Å². The average molecular weight is 262 g/mol. The number of rotatable bonds is 2. The maximum absolute atomic E-state index is 11.6. The topological polar surface area (TPSA) is 65.0 Å². The minimum absolute atomic E-state index is 0.0372. The molecule has 0 N–H and O–H groups in total. The van der Waals surface area contributed by atoms with Gasteiger partial charge in [-0.15, -0.1) is 4.40 Å².